The maximum absolute atomic E-state index is 12.9. The number of hydrogen-bond acceptors (Lipinski definition) is 5. The molecular weight excluding hydrogens is 487 g/mol. The molecule has 3 aromatic rings. The van der Waals surface area contributed by atoms with Crippen LogP contribution in [0.5, 0.6) is 11.5 Å². The van der Waals surface area contributed by atoms with Gasteiger partial charge in [0.15, 0.2) is 18.1 Å². The number of carbonyl (C=O) groups is 2. The summed E-state index contributed by atoms with van der Waals surface area (Å²) in [6.07, 6.45) is -3.32. The van der Waals surface area contributed by atoms with Gasteiger partial charge in [-0.1, -0.05) is 29.8 Å². The molecule has 2 N–H and O–H groups in total. The Morgan fingerprint density at radius 1 is 0.973 bits per heavy atom. The van der Waals surface area contributed by atoms with Gasteiger partial charge >= 0.3 is 6.18 Å². The number of rotatable bonds is 8. The van der Waals surface area contributed by atoms with Crippen molar-refractivity contribution < 1.29 is 32.2 Å². The summed E-state index contributed by atoms with van der Waals surface area (Å²) in [6, 6.07) is 17.6. The lowest BCUT2D eigenvalue weighted by Crippen LogP contribution is -2.20. The number of alkyl halides is 3. The molecule has 0 saturated carbocycles. The molecule has 0 saturated heterocycles. The van der Waals surface area contributed by atoms with Crippen molar-refractivity contribution in [2.45, 2.75) is 13.1 Å². The third kappa shape index (κ3) is 7.60. The molecule has 0 aromatic heterocycles. The summed E-state index contributed by atoms with van der Waals surface area (Å²) >= 11 is 0. The summed E-state index contributed by atoms with van der Waals surface area (Å²) in [7, 11) is 1.38. The predicted octanol–water partition coefficient (Wildman–Crippen LogP) is 5.59. The molecule has 3 aromatic carbocycles. The fraction of sp³-hybridized carbons (Fsp3) is 0.148. The number of halogens is 3. The predicted molar refractivity (Wildman–Crippen MR) is 132 cm³/mol. The number of ether oxygens (including phenoxy) is 2. The van der Waals surface area contributed by atoms with Crippen molar-refractivity contribution >= 4 is 29.3 Å². The maximum Gasteiger partial charge on any atom is 0.416 e. The third-order valence-corrected chi connectivity index (χ3v) is 5.01. The fourth-order valence-corrected chi connectivity index (χ4v) is 3.16. The number of nitriles is 1. The molecule has 0 unspecified atom stereocenters. The van der Waals surface area contributed by atoms with Gasteiger partial charge in [0.05, 0.1) is 12.7 Å². The first-order valence-corrected chi connectivity index (χ1v) is 10.9. The van der Waals surface area contributed by atoms with Crippen molar-refractivity contribution in [2.75, 3.05) is 24.4 Å². The van der Waals surface area contributed by atoms with E-state index < -0.39 is 17.6 Å². The van der Waals surface area contributed by atoms with Crippen LogP contribution < -0.4 is 20.1 Å². The zero-order valence-electron chi connectivity index (χ0n) is 19.8. The molecule has 0 aliphatic heterocycles. The first-order valence-electron chi connectivity index (χ1n) is 10.9. The second-order valence-electron chi connectivity index (χ2n) is 7.82. The van der Waals surface area contributed by atoms with Crippen molar-refractivity contribution in [3.63, 3.8) is 0 Å². The molecular formula is C27H22F3N3O4. The summed E-state index contributed by atoms with van der Waals surface area (Å²) in [4.78, 5) is 24.7. The molecule has 0 spiro atoms. The first-order chi connectivity index (χ1) is 17.6. The van der Waals surface area contributed by atoms with Crippen LogP contribution in [0.1, 0.15) is 16.7 Å². The Morgan fingerprint density at radius 2 is 1.70 bits per heavy atom. The summed E-state index contributed by atoms with van der Waals surface area (Å²) in [5, 5.41) is 14.4. The topological polar surface area (TPSA) is 100 Å². The summed E-state index contributed by atoms with van der Waals surface area (Å²) < 4.78 is 49.6. The Bertz CT molecular complexity index is 1360. The molecule has 190 valence electrons. The van der Waals surface area contributed by atoms with Crippen LogP contribution >= 0.6 is 0 Å². The average Bonchev–Trinajstić information content (AvgIpc) is 2.87. The van der Waals surface area contributed by atoms with Crippen LogP contribution in [-0.2, 0) is 15.8 Å². The van der Waals surface area contributed by atoms with E-state index in [4.69, 9.17) is 9.47 Å². The zero-order chi connectivity index (χ0) is 27.0. The SMILES string of the molecule is COc1cc(/C=C(\C#N)C(=O)Nc2cccc(C(F)(F)F)c2)ccc1OCC(=O)Nc1ccc(C)cc1. The van der Waals surface area contributed by atoms with Crippen LogP contribution in [0.2, 0.25) is 0 Å². The van der Waals surface area contributed by atoms with E-state index in [2.05, 4.69) is 10.6 Å². The minimum absolute atomic E-state index is 0.105. The number of aryl methyl sites for hydroxylation is 1. The van der Waals surface area contributed by atoms with Gasteiger partial charge in [0.1, 0.15) is 11.6 Å². The molecule has 0 atom stereocenters. The van der Waals surface area contributed by atoms with Crippen LogP contribution in [0.3, 0.4) is 0 Å². The van der Waals surface area contributed by atoms with Crippen molar-refractivity contribution in [1.82, 2.24) is 0 Å². The lowest BCUT2D eigenvalue weighted by molar-refractivity contribution is -0.137. The molecule has 0 aliphatic carbocycles. The van der Waals surface area contributed by atoms with Crippen LogP contribution in [0.15, 0.2) is 72.3 Å². The highest BCUT2D eigenvalue weighted by Gasteiger charge is 2.30. The zero-order valence-corrected chi connectivity index (χ0v) is 19.8. The van der Waals surface area contributed by atoms with Crippen LogP contribution in [0.4, 0.5) is 24.5 Å². The number of nitrogens with zero attached hydrogens (tertiary/aromatic N) is 1. The Kier molecular flexibility index (Phi) is 8.53. The molecule has 0 radical (unpaired) electrons. The fourth-order valence-electron chi connectivity index (χ4n) is 3.16. The number of carbonyl (C=O) groups excluding carboxylic acids is 2. The van der Waals surface area contributed by atoms with Crippen LogP contribution in [0.25, 0.3) is 6.08 Å². The molecule has 0 fully saturated rings. The molecule has 0 aliphatic rings. The van der Waals surface area contributed by atoms with Crippen molar-refractivity contribution in [3.8, 4) is 17.6 Å². The van der Waals surface area contributed by atoms with E-state index >= 15 is 0 Å². The van der Waals surface area contributed by atoms with Crippen LogP contribution in [0, 0.1) is 18.3 Å². The van der Waals surface area contributed by atoms with E-state index in [-0.39, 0.29) is 35.3 Å². The van der Waals surface area contributed by atoms with Gasteiger partial charge in [-0.25, -0.2) is 0 Å². The number of nitrogens with one attached hydrogen (secondary N) is 2. The van der Waals surface area contributed by atoms with E-state index in [1.807, 2.05) is 19.1 Å². The number of methoxy groups -OCH3 is 1. The normalized spacial score (nSPS) is 11.3. The Morgan fingerprint density at radius 3 is 2.35 bits per heavy atom. The quantitative estimate of drug-likeness (QED) is 0.305. The van der Waals surface area contributed by atoms with Crippen molar-refractivity contribution in [3.05, 3.63) is 89.0 Å². The third-order valence-electron chi connectivity index (χ3n) is 5.01. The van der Waals surface area contributed by atoms with Crippen LogP contribution in [-0.4, -0.2) is 25.5 Å². The smallest absolute Gasteiger partial charge is 0.416 e. The molecule has 7 nitrogen and oxygen atoms in total. The summed E-state index contributed by atoms with van der Waals surface area (Å²) in [5.74, 6) is -0.764. The van der Waals surface area contributed by atoms with Gasteiger partial charge in [0.2, 0.25) is 0 Å². The molecule has 2 amide bonds. The van der Waals surface area contributed by atoms with Gasteiger partial charge in [0, 0.05) is 11.4 Å². The van der Waals surface area contributed by atoms with E-state index in [1.165, 1.54) is 37.5 Å². The van der Waals surface area contributed by atoms with Crippen molar-refractivity contribution in [2.24, 2.45) is 0 Å². The number of amides is 2. The number of benzene rings is 3. The summed E-state index contributed by atoms with van der Waals surface area (Å²) in [5.41, 5.74) is 0.696. The average molecular weight is 509 g/mol. The first kappa shape index (κ1) is 26.8. The second-order valence-corrected chi connectivity index (χ2v) is 7.82. The van der Waals surface area contributed by atoms with Gasteiger partial charge < -0.3 is 20.1 Å². The van der Waals surface area contributed by atoms with Gasteiger partial charge in [-0.05, 0) is 61.0 Å². The Hall–Kier alpha value is -4.78. The van der Waals surface area contributed by atoms with E-state index in [0.717, 1.165) is 23.8 Å². The highest BCUT2D eigenvalue weighted by Crippen LogP contribution is 2.31. The number of hydrogen-bond donors (Lipinski definition) is 2. The van der Waals surface area contributed by atoms with Crippen molar-refractivity contribution in [1.29, 1.82) is 5.26 Å². The van der Waals surface area contributed by atoms with Gasteiger partial charge in [-0.2, -0.15) is 18.4 Å². The standard InChI is InChI=1S/C27H22F3N3O4/c1-17-6-9-21(10-7-17)32-25(34)16-37-23-11-8-18(13-24(23)36-2)12-19(15-31)26(35)33-22-5-3-4-20(14-22)27(28,29)30/h3-14H,16H2,1-2H3,(H,32,34)(H,33,35)/b19-12+. The minimum atomic E-state index is -4.57. The highest BCUT2D eigenvalue weighted by molar-refractivity contribution is 6.09. The maximum atomic E-state index is 12.9. The van der Waals surface area contributed by atoms with E-state index in [0.29, 0.717) is 11.3 Å². The molecule has 3 rings (SSSR count). The Labute approximate surface area is 211 Å². The lowest BCUT2D eigenvalue weighted by Gasteiger charge is -2.12. The molecule has 10 heteroatoms. The second kappa shape index (κ2) is 11.8. The number of anilines is 2. The lowest BCUT2D eigenvalue weighted by atomic mass is 10.1. The van der Waals surface area contributed by atoms with Gasteiger partial charge in [-0.3, -0.25) is 9.59 Å². The molecule has 0 bridgehead atoms. The summed E-state index contributed by atoms with van der Waals surface area (Å²) in [6.45, 7) is 1.64. The molecule has 0 heterocycles. The largest absolute Gasteiger partial charge is 0.493 e. The Balaban J connectivity index is 1.69. The monoisotopic (exact) mass is 509 g/mol. The van der Waals surface area contributed by atoms with Gasteiger partial charge in [0.25, 0.3) is 11.8 Å². The minimum Gasteiger partial charge on any atom is -0.493 e. The highest BCUT2D eigenvalue weighted by atomic mass is 19.4. The van der Waals surface area contributed by atoms with E-state index in [1.54, 1.807) is 18.2 Å². The van der Waals surface area contributed by atoms with E-state index in [9.17, 15) is 28.0 Å². The molecule has 37 heavy (non-hydrogen) atoms. The van der Waals surface area contributed by atoms with Gasteiger partial charge in [-0.15, -0.1) is 0 Å².